The topological polar surface area (TPSA) is 37.9 Å². The Morgan fingerprint density at radius 1 is 0.625 bits per heavy atom. The van der Waals surface area contributed by atoms with Crippen LogP contribution in [-0.2, 0) is 16.8 Å². The van der Waals surface area contributed by atoms with E-state index in [1.165, 1.54) is 0 Å². The molecular weight excluding hydrogens is 392 g/mol. The molecule has 4 aromatic carbocycles. The molecule has 32 heavy (non-hydrogen) atoms. The lowest BCUT2D eigenvalue weighted by Gasteiger charge is -2.36. The summed E-state index contributed by atoms with van der Waals surface area (Å²) in [4.78, 5) is 8.13. The van der Waals surface area contributed by atoms with E-state index in [0.717, 1.165) is 46.4 Å². The molecule has 0 aliphatic carbocycles. The van der Waals surface area contributed by atoms with Crippen molar-refractivity contribution in [2.75, 3.05) is 6.61 Å². The lowest BCUT2D eigenvalue weighted by molar-refractivity contribution is 0.0115. The standard InChI is InChI=1S/C29H26N2O/c1-4-13-23(14-5-1)29(24-15-6-2-7-16-24,25-17-8-3-9-18-25)32-22-12-21-28-30-26-19-10-11-20-27(26)31-28/h1-11,13-20H,12,21-22H2,(H,30,31). The summed E-state index contributed by atoms with van der Waals surface area (Å²) in [6, 6.07) is 39.7. The van der Waals surface area contributed by atoms with Crippen molar-refractivity contribution in [3.8, 4) is 0 Å². The van der Waals surface area contributed by atoms with Gasteiger partial charge in [0.05, 0.1) is 11.0 Å². The number of H-pyrrole nitrogens is 1. The molecule has 0 unspecified atom stereocenters. The van der Waals surface area contributed by atoms with Crippen molar-refractivity contribution in [2.45, 2.75) is 18.4 Å². The van der Waals surface area contributed by atoms with E-state index >= 15 is 0 Å². The van der Waals surface area contributed by atoms with Crippen molar-refractivity contribution in [3.63, 3.8) is 0 Å². The molecule has 0 aliphatic heterocycles. The largest absolute Gasteiger partial charge is 0.361 e. The van der Waals surface area contributed by atoms with Crippen LogP contribution in [0.2, 0.25) is 0 Å². The summed E-state index contributed by atoms with van der Waals surface area (Å²) in [6.07, 6.45) is 1.71. The van der Waals surface area contributed by atoms with Gasteiger partial charge in [-0.3, -0.25) is 0 Å². The zero-order chi connectivity index (χ0) is 21.6. The molecule has 1 aromatic heterocycles. The van der Waals surface area contributed by atoms with Crippen molar-refractivity contribution < 1.29 is 4.74 Å². The van der Waals surface area contributed by atoms with Gasteiger partial charge in [0.1, 0.15) is 11.4 Å². The first-order valence-corrected chi connectivity index (χ1v) is 11.1. The number of aromatic nitrogens is 2. The van der Waals surface area contributed by atoms with Gasteiger partial charge < -0.3 is 9.72 Å². The molecular formula is C29H26N2O. The molecule has 0 bridgehead atoms. The first-order chi connectivity index (χ1) is 15.9. The summed E-state index contributed by atoms with van der Waals surface area (Å²) in [6.45, 7) is 0.607. The second kappa shape index (κ2) is 9.21. The Morgan fingerprint density at radius 2 is 1.12 bits per heavy atom. The second-order valence-corrected chi connectivity index (χ2v) is 7.93. The summed E-state index contributed by atoms with van der Waals surface area (Å²) >= 11 is 0. The van der Waals surface area contributed by atoms with E-state index in [1.807, 2.05) is 36.4 Å². The SMILES string of the molecule is c1ccc(C(OCCCc2nc3ccccc3[nH]2)(c2ccccc2)c2ccccc2)cc1. The monoisotopic (exact) mass is 418 g/mol. The van der Waals surface area contributed by atoms with Gasteiger partial charge in [-0.1, -0.05) is 103 Å². The van der Waals surface area contributed by atoms with E-state index in [0.29, 0.717) is 6.61 Å². The number of nitrogens with one attached hydrogen (secondary N) is 1. The summed E-state index contributed by atoms with van der Waals surface area (Å²) in [5.41, 5.74) is 4.80. The number of aromatic amines is 1. The first-order valence-electron chi connectivity index (χ1n) is 11.1. The Morgan fingerprint density at radius 3 is 1.66 bits per heavy atom. The fourth-order valence-electron chi connectivity index (χ4n) is 4.36. The Hall–Kier alpha value is -3.69. The van der Waals surface area contributed by atoms with Gasteiger partial charge >= 0.3 is 0 Å². The zero-order valence-electron chi connectivity index (χ0n) is 17.9. The van der Waals surface area contributed by atoms with Crippen molar-refractivity contribution in [1.82, 2.24) is 9.97 Å². The Labute approximate surface area is 188 Å². The molecule has 0 fully saturated rings. The maximum absolute atomic E-state index is 6.84. The van der Waals surface area contributed by atoms with Crippen LogP contribution >= 0.6 is 0 Å². The second-order valence-electron chi connectivity index (χ2n) is 7.93. The maximum atomic E-state index is 6.84. The Kier molecular flexibility index (Phi) is 5.82. The predicted molar refractivity (Wildman–Crippen MR) is 130 cm³/mol. The first kappa shape index (κ1) is 20.2. The number of imidazole rings is 1. The van der Waals surface area contributed by atoms with E-state index in [9.17, 15) is 0 Å². The van der Waals surface area contributed by atoms with Gasteiger partial charge in [-0.2, -0.15) is 0 Å². The fraction of sp³-hybridized carbons (Fsp3) is 0.138. The molecule has 0 spiro atoms. The third-order valence-electron chi connectivity index (χ3n) is 5.86. The van der Waals surface area contributed by atoms with Gasteiger partial charge in [-0.05, 0) is 35.2 Å². The molecule has 158 valence electrons. The molecule has 0 atom stereocenters. The minimum absolute atomic E-state index is 0.607. The molecule has 0 saturated carbocycles. The van der Waals surface area contributed by atoms with E-state index < -0.39 is 5.60 Å². The number of aryl methyl sites for hydroxylation is 1. The summed E-state index contributed by atoms with van der Waals surface area (Å²) in [5.74, 6) is 1.000. The summed E-state index contributed by atoms with van der Waals surface area (Å²) < 4.78 is 6.84. The minimum atomic E-state index is -0.669. The highest BCUT2D eigenvalue weighted by atomic mass is 16.5. The van der Waals surface area contributed by atoms with Crippen molar-refractivity contribution in [1.29, 1.82) is 0 Å². The smallest absolute Gasteiger partial charge is 0.143 e. The number of hydrogen-bond donors (Lipinski definition) is 1. The summed E-state index contributed by atoms with van der Waals surface area (Å²) in [5, 5.41) is 0. The van der Waals surface area contributed by atoms with Gasteiger partial charge in [0.2, 0.25) is 0 Å². The number of benzene rings is 4. The highest BCUT2D eigenvalue weighted by molar-refractivity contribution is 5.74. The highest BCUT2D eigenvalue weighted by Crippen LogP contribution is 2.40. The van der Waals surface area contributed by atoms with Crippen molar-refractivity contribution in [2.24, 2.45) is 0 Å². The van der Waals surface area contributed by atoms with Gasteiger partial charge in [0.15, 0.2) is 0 Å². The van der Waals surface area contributed by atoms with Crippen molar-refractivity contribution in [3.05, 3.63) is 138 Å². The van der Waals surface area contributed by atoms with Crippen LogP contribution < -0.4 is 0 Å². The van der Waals surface area contributed by atoms with Crippen LogP contribution in [0.15, 0.2) is 115 Å². The quantitative estimate of drug-likeness (QED) is 0.231. The average molecular weight is 419 g/mol. The van der Waals surface area contributed by atoms with Gasteiger partial charge in [-0.25, -0.2) is 4.98 Å². The third kappa shape index (κ3) is 3.95. The van der Waals surface area contributed by atoms with Crippen LogP contribution in [0.5, 0.6) is 0 Å². The molecule has 1 heterocycles. The molecule has 3 nitrogen and oxygen atoms in total. The fourth-order valence-corrected chi connectivity index (χ4v) is 4.36. The van der Waals surface area contributed by atoms with Gasteiger partial charge in [0.25, 0.3) is 0 Å². The van der Waals surface area contributed by atoms with E-state index in [-0.39, 0.29) is 0 Å². The van der Waals surface area contributed by atoms with Crippen LogP contribution in [0.3, 0.4) is 0 Å². The van der Waals surface area contributed by atoms with Gasteiger partial charge in [-0.15, -0.1) is 0 Å². The average Bonchev–Trinajstić information content (AvgIpc) is 3.29. The number of para-hydroxylation sites is 2. The highest BCUT2D eigenvalue weighted by Gasteiger charge is 2.37. The van der Waals surface area contributed by atoms with Crippen LogP contribution in [0.25, 0.3) is 11.0 Å². The lowest BCUT2D eigenvalue weighted by Crippen LogP contribution is -2.33. The molecule has 3 heteroatoms. The Balaban J connectivity index is 1.45. The number of nitrogens with zero attached hydrogens (tertiary/aromatic N) is 1. The number of fused-ring (bicyclic) bond motifs is 1. The normalized spacial score (nSPS) is 11.6. The minimum Gasteiger partial charge on any atom is -0.361 e. The molecule has 0 aliphatic rings. The zero-order valence-corrected chi connectivity index (χ0v) is 17.9. The van der Waals surface area contributed by atoms with E-state index in [2.05, 4.69) is 83.8 Å². The molecule has 0 saturated heterocycles. The van der Waals surface area contributed by atoms with Crippen molar-refractivity contribution >= 4 is 11.0 Å². The number of rotatable bonds is 8. The molecule has 1 N–H and O–H groups in total. The van der Waals surface area contributed by atoms with Crippen LogP contribution in [0, 0.1) is 0 Å². The predicted octanol–water partition coefficient (Wildman–Crippen LogP) is 6.50. The molecule has 0 radical (unpaired) electrons. The van der Waals surface area contributed by atoms with E-state index in [1.54, 1.807) is 0 Å². The van der Waals surface area contributed by atoms with Gasteiger partial charge in [0, 0.05) is 13.0 Å². The van der Waals surface area contributed by atoms with E-state index in [4.69, 9.17) is 9.72 Å². The van der Waals surface area contributed by atoms with Crippen LogP contribution in [0.4, 0.5) is 0 Å². The lowest BCUT2D eigenvalue weighted by atomic mass is 9.80. The number of ether oxygens (including phenoxy) is 1. The maximum Gasteiger partial charge on any atom is 0.143 e. The third-order valence-corrected chi connectivity index (χ3v) is 5.86. The Bertz CT molecular complexity index is 1130. The summed E-state index contributed by atoms with van der Waals surface area (Å²) in [7, 11) is 0. The molecule has 5 aromatic rings. The van der Waals surface area contributed by atoms with Crippen LogP contribution in [0.1, 0.15) is 28.9 Å². The molecule has 5 rings (SSSR count). The molecule has 0 amide bonds. The van der Waals surface area contributed by atoms with Crippen LogP contribution in [-0.4, -0.2) is 16.6 Å². The number of hydrogen-bond acceptors (Lipinski definition) is 2.